The second-order valence-corrected chi connectivity index (χ2v) is 5.85. The Bertz CT molecular complexity index is 389. The van der Waals surface area contributed by atoms with E-state index < -0.39 is 0 Å². The summed E-state index contributed by atoms with van der Waals surface area (Å²) in [4.78, 5) is 2.74. The van der Waals surface area contributed by atoms with Gasteiger partial charge in [-0.15, -0.1) is 0 Å². The average molecular weight is 244 g/mol. The van der Waals surface area contributed by atoms with Crippen LogP contribution in [0.4, 0.5) is 0 Å². The van der Waals surface area contributed by atoms with E-state index >= 15 is 0 Å². The van der Waals surface area contributed by atoms with Crippen molar-refractivity contribution in [3.63, 3.8) is 0 Å². The van der Waals surface area contributed by atoms with Crippen LogP contribution in [0.3, 0.4) is 0 Å². The number of hydrogen-bond acceptors (Lipinski definition) is 2. The highest BCUT2D eigenvalue weighted by molar-refractivity contribution is 5.20. The molecular formula is C16H24N2. The van der Waals surface area contributed by atoms with Gasteiger partial charge in [0.25, 0.3) is 0 Å². The number of nitrogens with zero attached hydrogens (tertiary/aromatic N) is 1. The molecule has 0 amide bonds. The van der Waals surface area contributed by atoms with Crippen LogP contribution >= 0.6 is 0 Å². The third kappa shape index (κ3) is 1.98. The number of benzene rings is 1. The molecule has 0 aromatic heterocycles. The van der Waals surface area contributed by atoms with Gasteiger partial charge in [0.15, 0.2) is 0 Å². The number of hydrogen-bond donors (Lipinski definition) is 1. The van der Waals surface area contributed by atoms with Gasteiger partial charge >= 0.3 is 0 Å². The molecule has 2 saturated heterocycles. The van der Waals surface area contributed by atoms with Crippen molar-refractivity contribution in [1.29, 1.82) is 0 Å². The van der Waals surface area contributed by atoms with Crippen LogP contribution in [0, 0.1) is 11.8 Å². The summed E-state index contributed by atoms with van der Waals surface area (Å²) in [6.45, 7) is 8.44. The Morgan fingerprint density at radius 1 is 1.28 bits per heavy atom. The molecule has 18 heavy (non-hydrogen) atoms. The molecule has 2 aliphatic rings. The third-order valence-corrected chi connectivity index (χ3v) is 4.95. The van der Waals surface area contributed by atoms with Gasteiger partial charge in [-0.05, 0) is 43.8 Å². The summed E-state index contributed by atoms with van der Waals surface area (Å²) >= 11 is 0. The molecule has 0 spiro atoms. The van der Waals surface area contributed by atoms with Crippen LogP contribution in [-0.4, -0.2) is 30.6 Å². The lowest BCUT2D eigenvalue weighted by Crippen LogP contribution is -2.36. The van der Waals surface area contributed by atoms with Crippen molar-refractivity contribution < 1.29 is 0 Å². The highest BCUT2D eigenvalue weighted by Crippen LogP contribution is 2.38. The van der Waals surface area contributed by atoms with E-state index in [4.69, 9.17) is 0 Å². The maximum absolute atomic E-state index is 3.55. The minimum absolute atomic E-state index is 0.604. The van der Waals surface area contributed by atoms with Gasteiger partial charge in [-0.25, -0.2) is 0 Å². The van der Waals surface area contributed by atoms with Crippen LogP contribution in [0.1, 0.15) is 31.9 Å². The first kappa shape index (κ1) is 12.2. The summed E-state index contributed by atoms with van der Waals surface area (Å²) in [5, 5.41) is 3.55. The first-order valence-corrected chi connectivity index (χ1v) is 7.32. The fourth-order valence-corrected chi connectivity index (χ4v) is 3.95. The smallest absolute Gasteiger partial charge is 0.0348 e. The minimum Gasteiger partial charge on any atom is -0.316 e. The quantitative estimate of drug-likeness (QED) is 0.879. The predicted molar refractivity (Wildman–Crippen MR) is 75.5 cm³/mol. The SMILES string of the molecule is CCC(c1ccccc1)N1CC2CNCC2C1C. The third-order valence-electron chi connectivity index (χ3n) is 4.95. The van der Waals surface area contributed by atoms with E-state index in [1.165, 1.54) is 31.6 Å². The zero-order valence-corrected chi connectivity index (χ0v) is 11.5. The lowest BCUT2D eigenvalue weighted by Gasteiger charge is -2.33. The average Bonchev–Trinajstić information content (AvgIpc) is 2.97. The van der Waals surface area contributed by atoms with E-state index in [9.17, 15) is 0 Å². The second-order valence-electron chi connectivity index (χ2n) is 5.85. The van der Waals surface area contributed by atoms with Gasteiger partial charge < -0.3 is 5.32 Å². The molecule has 2 fully saturated rings. The molecule has 2 nitrogen and oxygen atoms in total. The molecule has 0 bridgehead atoms. The van der Waals surface area contributed by atoms with Crippen molar-refractivity contribution in [2.75, 3.05) is 19.6 Å². The fourth-order valence-electron chi connectivity index (χ4n) is 3.95. The molecule has 1 aromatic carbocycles. The van der Waals surface area contributed by atoms with Gasteiger partial charge in [0.05, 0.1) is 0 Å². The van der Waals surface area contributed by atoms with Crippen LogP contribution in [0.25, 0.3) is 0 Å². The van der Waals surface area contributed by atoms with Gasteiger partial charge in [0, 0.05) is 18.6 Å². The maximum atomic E-state index is 3.55. The molecule has 1 aromatic rings. The molecule has 0 aliphatic carbocycles. The molecule has 1 N–H and O–H groups in total. The topological polar surface area (TPSA) is 15.3 Å². The van der Waals surface area contributed by atoms with Crippen molar-refractivity contribution in [2.45, 2.75) is 32.4 Å². The minimum atomic E-state index is 0.604. The van der Waals surface area contributed by atoms with Crippen molar-refractivity contribution in [3.8, 4) is 0 Å². The summed E-state index contributed by atoms with van der Waals surface area (Å²) in [5.41, 5.74) is 1.49. The summed E-state index contributed by atoms with van der Waals surface area (Å²) in [5.74, 6) is 1.74. The van der Waals surface area contributed by atoms with Crippen LogP contribution in [-0.2, 0) is 0 Å². The summed E-state index contributed by atoms with van der Waals surface area (Å²) in [6, 6.07) is 12.3. The summed E-state index contributed by atoms with van der Waals surface area (Å²) < 4.78 is 0. The normalized spacial score (nSPS) is 33.6. The predicted octanol–water partition coefficient (Wildman–Crippen LogP) is 2.68. The molecular weight excluding hydrogens is 220 g/mol. The molecule has 2 heteroatoms. The summed E-state index contributed by atoms with van der Waals surface area (Å²) in [7, 11) is 0. The van der Waals surface area contributed by atoms with Crippen molar-refractivity contribution in [1.82, 2.24) is 10.2 Å². The van der Waals surface area contributed by atoms with Crippen molar-refractivity contribution in [3.05, 3.63) is 35.9 Å². The van der Waals surface area contributed by atoms with Crippen LogP contribution in [0.5, 0.6) is 0 Å². The van der Waals surface area contributed by atoms with Gasteiger partial charge in [0.2, 0.25) is 0 Å². The first-order chi connectivity index (χ1) is 8.81. The van der Waals surface area contributed by atoms with Crippen molar-refractivity contribution >= 4 is 0 Å². The molecule has 4 atom stereocenters. The van der Waals surface area contributed by atoms with Gasteiger partial charge in [-0.2, -0.15) is 0 Å². The Balaban J connectivity index is 1.81. The number of fused-ring (bicyclic) bond motifs is 1. The van der Waals surface area contributed by atoms with Crippen LogP contribution in [0.2, 0.25) is 0 Å². The Kier molecular flexibility index (Phi) is 3.40. The molecule has 2 heterocycles. The van der Waals surface area contributed by atoms with E-state index in [0.717, 1.165) is 17.9 Å². The van der Waals surface area contributed by atoms with Gasteiger partial charge in [-0.3, -0.25) is 4.90 Å². The van der Waals surface area contributed by atoms with E-state index in [2.05, 4.69) is 54.4 Å². The Morgan fingerprint density at radius 3 is 2.72 bits per heavy atom. The lowest BCUT2D eigenvalue weighted by atomic mass is 9.95. The largest absolute Gasteiger partial charge is 0.316 e. The summed E-state index contributed by atoms with van der Waals surface area (Å²) in [6.07, 6.45) is 1.21. The molecule has 4 unspecified atom stereocenters. The highest BCUT2D eigenvalue weighted by Gasteiger charge is 2.43. The standard InChI is InChI=1S/C16H24N2/c1-3-16(13-7-5-4-6-8-13)18-11-14-9-17-10-15(14)12(18)2/h4-8,12,14-17H,3,9-11H2,1-2H3. The van der Waals surface area contributed by atoms with E-state index in [-0.39, 0.29) is 0 Å². The van der Waals surface area contributed by atoms with Crippen molar-refractivity contribution in [2.24, 2.45) is 11.8 Å². The number of nitrogens with one attached hydrogen (secondary N) is 1. The fraction of sp³-hybridized carbons (Fsp3) is 0.625. The molecule has 3 rings (SSSR count). The number of rotatable bonds is 3. The van der Waals surface area contributed by atoms with E-state index in [1.54, 1.807) is 0 Å². The highest BCUT2D eigenvalue weighted by atomic mass is 15.2. The van der Waals surface area contributed by atoms with E-state index in [1.807, 2.05) is 0 Å². The first-order valence-electron chi connectivity index (χ1n) is 7.32. The monoisotopic (exact) mass is 244 g/mol. The van der Waals surface area contributed by atoms with Crippen LogP contribution in [0.15, 0.2) is 30.3 Å². The molecule has 98 valence electrons. The van der Waals surface area contributed by atoms with Gasteiger partial charge in [-0.1, -0.05) is 37.3 Å². The lowest BCUT2D eigenvalue weighted by molar-refractivity contribution is 0.166. The Morgan fingerprint density at radius 2 is 2.06 bits per heavy atom. The van der Waals surface area contributed by atoms with E-state index in [0.29, 0.717) is 6.04 Å². The zero-order valence-electron chi connectivity index (χ0n) is 11.5. The van der Waals surface area contributed by atoms with Crippen LogP contribution < -0.4 is 5.32 Å². The molecule has 0 saturated carbocycles. The second kappa shape index (κ2) is 5.02. The zero-order chi connectivity index (χ0) is 12.5. The molecule has 0 radical (unpaired) electrons. The Hall–Kier alpha value is -0.860. The molecule has 2 aliphatic heterocycles. The maximum Gasteiger partial charge on any atom is 0.0348 e. The number of likely N-dealkylation sites (tertiary alicyclic amines) is 1. The Labute approximate surface area is 110 Å². The van der Waals surface area contributed by atoms with Gasteiger partial charge in [0.1, 0.15) is 0 Å².